The first-order valence-electron chi connectivity index (χ1n) is 4.52. The van der Waals surface area contributed by atoms with Crippen LogP contribution in [0.4, 0.5) is 0 Å². The molecule has 0 radical (unpaired) electrons. The summed E-state index contributed by atoms with van der Waals surface area (Å²) in [5, 5.41) is 1.98. The number of carbonyl (C=O) groups is 1. The van der Waals surface area contributed by atoms with E-state index in [9.17, 15) is 4.79 Å². The summed E-state index contributed by atoms with van der Waals surface area (Å²) in [4.78, 5) is 16.6. The molecule has 0 N–H and O–H groups in total. The van der Waals surface area contributed by atoms with E-state index in [1.165, 1.54) is 0 Å². The molecule has 0 aliphatic rings. The lowest BCUT2D eigenvalue weighted by molar-refractivity contribution is 0.104. The van der Waals surface area contributed by atoms with Gasteiger partial charge in [-0.2, -0.15) is 0 Å². The second-order valence-electron chi connectivity index (χ2n) is 2.95. The SMILES string of the molecule is O=C(C=Cc1cccs1)c1ccncc1. The van der Waals surface area contributed by atoms with Crippen molar-refractivity contribution >= 4 is 23.2 Å². The molecule has 2 rings (SSSR count). The minimum Gasteiger partial charge on any atom is -0.289 e. The molecule has 0 spiro atoms. The Hall–Kier alpha value is -1.74. The molecule has 0 aliphatic heterocycles. The van der Waals surface area contributed by atoms with Gasteiger partial charge in [-0.15, -0.1) is 11.3 Å². The third-order valence-electron chi connectivity index (χ3n) is 1.91. The Bertz CT molecular complexity index is 460. The minimum atomic E-state index is 0.00537. The number of hydrogen-bond donors (Lipinski definition) is 0. The van der Waals surface area contributed by atoms with E-state index in [2.05, 4.69) is 4.98 Å². The van der Waals surface area contributed by atoms with Gasteiger partial charge >= 0.3 is 0 Å². The third-order valence-corrected chi connectivity index (χ3v) is 2.74. The Morgan fingerprint density at radius 2 is 2.07 bits per heavy atom. The van der Waals surface area contributed by atoms with Gasteiger partial charge in [0.15, 0.2) is 5.78 Å². The summed E-state index contributed by atoms with van der Waals surface area (Å²) in [6.07, 6.45) is 6.65. The van der Waals surface area contributed by atoms with Gasteiger partial charge in [-0.25, -0.2) is 0 Å². The normalized spacial score (nSPS) is 10.7. The Morgan fingerprint density at radius 3 is 2.73 bits per heavy atom. The molecule has 2 aromatic rings. The van der Waals surface area contributed by atoms with Gasteiger partial charge in [-0.05, 0) is 35.7 Å². The van der Waals surface area contributed by atoms with E-state index < -0.39 is 0 Å². The lowest BCUT2D eigenvalue weighted by atomic mass is 10.1. The molecule has 0 aromatic carbocycles. The van der Waals surface area contributed by atoms with E-state index in [0.717, 1.165) is 4.88 Å². The number of pyridine rings is 1. The summed E-state index contributed by atoms with van der Waals surface area (Å²) in [6, 6.07) is 7.35. The van der Waals surface area contributed by atoms with Crippen molar-refractivity contribution < 1.29 is 4.79 Å². The molecule has 15 heavy (non-hydrogen) atoms. The average molecular weight is 215 g/mol. The summed E-state index contributed by atoms with van der Waals surface area (Å²) in [7, 11) is 0. The van der Waals surface area contributed by atoms with Gasteiger partial charge in [0.25, 0.3) is 0 Å². The molecule has 0 fully saturated rings. The summed E-state index contributed by atoms with van der Waals surface area (Å²) in [5.74, 6) is 0.00537. The predicted molar refractivity (Wildman–Crippen MR) is 61.9 cm³/mol. The molecular formula is C12H9NOS. The molecule has 3 heteroatoms. The van der Waals surface area contributed by atoms with E-state index in [4.69, 9.17) is 0 Å². The number of aromatic nitrogens is 1. The van der Waals surface area contributed by atoms with Crippen molar-refractivity contribution in [2.24, 2.45) is 0 Å². The summed E-state index contributed by atoms with van der Waals surface area (Å²) < 4.78 is 0. The van der Waals surface area contributed by atoms with Crippen molar-refractivity contribution in [3.05, 3.63) is 58.6 Å². The molecule has 0 saturated heterocycles. The number of rotatable bonds is 3. The molecule has 0 atom stereocenters. The lowest BCUT2D eigenvalue weighted by Gasteiger charge is -1.92. The fraction of sp³-hybridized carbons (Fsp3) is 0. The Balaban J connectivity index is 2.11. The van der Waals surface area contributed by atoms with Gasteiger partial charge in [0.1, 0.15) is 0 Å². The number of carbonyl (C=O) groups excluding carboxylic acids is 1. The summed E-state index contributed by atoms with van der Waals surface area (Å²) in [5.41, 5.74) is 0.665. The zero-order valence-corrected chi connectivity index (χ0v) is 8.78. The van der Waals surface area contributed by atoms with Crippen LogP contribution in [-0.4, -0.2) is 10.8 Å². The second kappa shape index (κ2) is 4.66. The molecule has 74 valence electrons. The van der Waals surface area contributed by atoms with E-state index >= 15 is 0 Å². The van der Waals surface area contributed by atoms with Crippen LogP contribution in [0.2, 0.25) is 0 Å². The highest BCUT2D eigenvalue weighted by molar-refractivity contribution is 7.10. The van der Waals surface area contributed by atoms with Crippen LogP contribution in [0.1, 0.15) is 15.2 Å². The topological polar surface area (TPSA) is 30.0 Å². The van der Waals surface area contributed by atoms with Crippen molar-refractivity contribution in [2.45, 2.75) is 0 Å². The van der Waals surface area contributed by atoms with Crippen LogP contribution >= 0.6 is 11.3 Å². The Kier molecular flexibility index (Phi) is 3.05. The average Bonchev–Trinajstić information content (AvgIpc) is 2.80. The number of nitrogens with zero attached hydrogens (tertiary/aromatic N) is 1. The Labute approximate surface area is 91.9 Å². The van der Waals surface area contributed by atoms with Crippen LogP contribution in [0.5, 0.6) is 0 Å². The van der Waals surface area contributed by atoms with Crippen molar-refractivity contribution in [3.63, 3.8) is 0 Å². The highest BCUT2D eigenvalue weighted by atomic mass is 32.1. The molecule has 0 aliphatic carbocycles. The van der Waals surface area contributed by atoms with Gasteiger partial charge in [0, 0.05) is 22.8 Å². The van der Waals surface area contributed by atoms with Crippen molar-refractivity contribution in [2.75, 3.05) is 0 Å². The monoisotopic (exact) mass is 215 g/mol. The van der Waals surface area contributed by atoms with Gasteiger partial charge in [-0.3, -0.25) is 9.78 Å². The maximum Gasteiger partial charge on any atom is 0.185 e. The van der Waals surface area contributed by atoms with Crippen LogP contribution in [0.25, 0.3) is 6.08 Å². The molecule has 0 bridgehead atoms. The van der Waals surface area contributed by atoms with Gasteiger partial charge in [-0.1, -0.05) is 6.07 Å². The molecule has 0 saturated carbocycles. The number of hydrogen-bond acceptors (Lipinski definition) is 3. The first kappa shape index (κ1) is 9.80. The zero-order chi connectivity index (χ0) is 10.5. The van der Waals surface area contributed by atoms with Crippen LogP contribution in [-0.2, 0) is 0 Å². The van der Waals surface area contributed by atoms with Crippen LogP contribution in [0, 0.1) is 0 Å². The molecule has 0 amide bonds. The lowest BCUT2D eigenvalue weighted by Crippen LogP contribution is -1.93. The highest BCUT2D eigenvalue weighted by Crippen LogP contribution is 2.11. The Morgan fingerprint density at radius 1 is 1.27 bits per heavy atom. The minimum absolute atomic E-state index is 0.00537. The first-order chi connectivity index (χ1) is 7.36. The van der Waals surface area contributed by atoms with E-state index in [1.54, 1.807) is 41.9 Å². The zero-order valence-electron chi connectivity index (χ0n) is 7.96. The molecule has 2 aromatic heterocycles. The highest BCUT2D eigenvalue weighted by Gasteiger charge is 1.99. The number of ketones is 1. The number of allylic oxidation sites excluding steroid dienone is 1. The quantitative estimate of drug-likeness (QED) is 0.582. The molecule has 0 unspecified atom stereocenters. The fourth-order valence-electron chi connectivity index (χ4n) is 1.16. The third kappa shape index (κ3) is 2.60. The van der Waals surface area contributed by atoms with Gasteiger partial charge in [0.05, 0.1) is 0 Å². The van der Waals surface area contributed by atoms with Gasteiger partial charge in [0.2, 0.25) is 0 Å². The van der Waals surface area contributed by atoms with Crippen molar-refractivity contribution in [1.82, 2.24) is 4.98 Å². The van der Waals surface area contributed by atoms with Crippen LogP contribution in [0.3, 0.4) is 0 Å². The first-order valence-corrected chi connectivity index (χ1v) is 5.40. The molecule has 2 heterocycles. The van der Waals surface area contributed by atoms with Gasteiger partial charge < -0.3 is 0 Å². The van der Waals surface area contributed by atoms with Crippen molar-refractivity contribution in [1.29, 1.82) is 0 Å². The summed E-state index contributed by atoms with van der Waals surface area (Å²) in [6.45, 7) is 0. The molecular weight excluding hydrogens is 206 g/mol. The fourth-order valence-corrected chi connectivity index (χ4v) is 1.77. The largest absolute Gasteiger partial charge is 0.289 e. The predicted octanol–water partition coefficient (Wildman–Crippen LogP) is 3.04. The van der Waals surface area contributed by atoms with E-state index in [0.29, 0.717) is 5.56 Å². The van der Waals surface area contributed by atoms with E-state index in [1.807, 2.05) is 23.6 Å². The molecule has 2 nitrogen and oxygen atoms in total. The smallest absolute Gasteiger partial charge is 0.185 e. The summed E-state index contributed by atoms with van der Waals surface area (Å²) >= 11 is 1.61. The van der Waals surface area contributed by atoms with Crippen molar-refractivity contribution in [3.8, 4) is 0 Å². The maximum atomic E-state index is 11.6. The van der Waals surface area contributed by atoms with Crippen LogP contribution < -0.4 is 0 Å². The van der Waals surface area contributed by atoms with Crippen LogP contribution in [0.15, 0.2) is 48.1 Å². The standard InChI is InChI=1S/C12H9NOS/c14-12(10-5-7-13-8-6-10)4-3-11-2-1-9-15-11/h1-9H. The number of thiophene rings is 1. The maximum absolute atomic E-state index is 11.6. The second-order valence-corrected chi connectivity index (χ2v) is 3.93. The van der Waals surface area contributed by atoms with E-state index in [-0.39, 0.29) is 5.78 Å².